The first kappa shape index (κ1) is 18.2. The number of halogens is 1. The van der Waals surface area contributed by atoms with Crippen LogP contribution in [0.3, 0.4) is 0 Å². The van der Waals surface area contributed by atoms with Crippen LogP contribution in [0.2, 0.25) is 5.02 Å². The highest BCUT2D eigenvalue weighted by Gasteiger charge is 2.34. The molecule has 1 aromatic carbocycles. The van der Waals surface area contributed by atoms with E-state index in [9.17, 15) is 8.42 Å². The molecule has 1 saturated carbocycles. The maximum atomic E-state index is 12.7. The van der Waals surface area contributed by atoms with E-state index in [0.29, 0.717) is 30.7 Å². The van der Waals surface area contributed by atoms with E-state index in [1.54, 1.807) is 4.31 Å². The van der Waals surface area contributed by atoms with Gasteiger partial charge in [0.15, 0.2) is 0 Å². The van der Waals surface area contributed by atoms with Crippen molar-refractivity contribution in [1.29, 1.82) is 0 Å². The molecule has 1 atom stereocenters. The number of ether oxygens (including phenoxy) is 1. The molecule has 0 bridgehead atoms. The van der Waals surface area contributed by atoms with Crippen LogP contribution in [0.25, 0.3) is 0 Å². The predicted octanol–water partition coefficient (Wildman–Crippen LogP) is 3.84. The molecule has 1 aromatic rings. The minimum Gasteiger partial charge on any atom is -0.379 e. The van der Waals surface area contributed by atoms with Crippen molar-refractivity contribution in [3.8, 4) is 0 Å². The summed E-state index contributed by atoms with van der Waals surface area (Å²) in [5.41, 5.74) is 0.971. The third-order valence-corrected chi connectivity index (χ3v) is 7.22. The molecule has 6 heteroatoms. The molecule has 0 N–H and O–H groups in total. The first-order valence-corrected chi connectivity index (χ1v) is 10.8. The molecule has 0 spiro atoms. The van der Waals surface area contributed by atoms with Crippen molar-refractivity contribution in [2.45, 2.75) is 51.1 Å². The number of nitrogens with zero attached hydrogens (tertiary/aromatic N) is 1. The average molecular weight is 372 g/mol. The normalized spacial score (nSPS) is 26.1. The van der Waals surface area contributed by atoms with Gasteiger partial charge in [-0.3, -0.25) is 0 Å². The van der Waals surface area contributed by atoms with E-state index in [-0.39, 0.29) is 11.8 Å². The number of rotatable bonds is 4. The van der Waals surface area contributed by atoms with Crippen LogP contribution in [0.4, 0.5) is 0 Å². The van der Waals surface area contributed by atoms with Gasteiger partial charge in [0, 0.05) is 17.6 Å². The Kier molecular flexibility index (Phi) is 6.19. The maximum absolute atomic E-state index is 12.7. The summed E-state index contributed by atoms with van der Waals surface area (Å²) in [5.74, 6) is 0.690. The van der Waals surface area contributed by atoms with E-state index >= 15 is 0 Å². The molecule has 1 aliphatic carbocycles. The highest BCUT2D eigenvalue weighted by atomic mass is 35.5. The molecule has 0 radical (unpaired) electrons. The van der Waals surface area contributed by atoms with E-state index in [1.165, 1.54) is 32.1 Å². The smallest absolute Gasteiger partial charge is 0.217 e. The molecule has 0 aromatic heterocycles. The highest BCUT2D eigenvalue weighted by Crippen LogP contribution is 2.31. The minimum atomic E-state index is -3.29. The van der Waals surface area contributed by atoms with Crippen LogP contribution in [0.5, 0.6) is 0 Å². The molecular weight excluding hydrogens is 346 g/mol. The fourth-order valence-electron chi connectivity index (χ4n) is 3.80. The SMILES string of the molecule is O=S1(=O)CCOC[C@H](CC2CCCCC2)N1Cc1ccc(Cl)cc1. The summed E-state index contributed by atoms with van der Waals surface area (Å²) in [5, 5.41) is 0.666. The Morgan fingerprint density at radius 3 is 2.54 bits per heavy atom. The summed E-state index contributed by atoms with van der Waals surface area (Å²) in [7, 11) is -3.29. The summed E-state index contributed by atoms with van der Waals surface area (Å²) < 4.78 is 32.8. The fraction of sp³-hybridized carbons (Fsp3) is 0.667. The Labute approximate surface area is 150 Å². The van der Waals surface area contributed by atoms with E-state index in [0.717, 1.165) is 12.0 Å². The number of hydrogen-bond donors (Lipinski definition) is 0. The summed E-state index contributed by atoms with van der Waals surface area (Å²) in [6, 6.07) is 7.38. The van der Waals surface area contributed by atoms with E-state index < -0.39 is 10.0 Å². The maximum Gasteiger partial charge on any atom is 0.217 e. The zero-order valence-corrected chi connectivity index (χ0v) is 15.6. The molecule has 3 rings (SSSR count). The lowest BCUT2D eigenvalue weighted by Gasteiger charge is -2.32. The molecule has 24 heavy (non-hydrogen) atoms. The molecule has 134 valence electrons. The number of benzene rings is 1. The second kappa shape index (κ2) is 8.17. The lowest BCUT2D eigenvalue weighted by molar-refractivity contribution is 0.0939. The highest BCUT2D eigenvalue weighted by molar-refractivity contribution is 7.89. The molecule has 1 saturated heterocycles. The minimum absolute atomic E-state index is 0.0590. The van der Waals surface area contributed by atoms with Gasteiger partial charge in [-0.1, -0.05) is 55.8 Å². The Morgan fingerprint density at radius 2 is 1.83 bits per heavy atom. The van der Waals surface area contributed by atoms with Crippen molar-refractivity contribution in [3.05, 3.63) is 34.9 Å². The van der Waals surface area contributed by atoms with Crippen LogP contribution in [-0.2, 0) is 21.3 Å². The van der Waals surface area contributed by atoms with Gasteiger partial charge in [-0.15, -0.1) is 0 Å². The average Bonchev–Trinajstić information content (AvgIpc) is 2.70. The first-order chi connectivity index (χ1) is 11.5. The van der Waals surface area contributed by atoms with Crippen LogP contribution < -0.4 is 0 Å². The molecule has 0 unspecified atom stereocenters. The zero-order valence-electron chi connectivity index (χ0n) is 14.0. The van der Waals surface area contributed by atoms with Gasteiger partial charge in [-0.05, 0) is 30.0 Å². The van der Waals surface area contributed by atoms with Gasteiger partial charge in [0.1, 0.15) is 0 Å². The topological polar surface area (TPSA) is 46.6 Å². The Morgan fingerprint density at radius 1 is 1.12 bits per heavy atom. The lowest BCUT2D eigenvalue weighted by Crippen LogP contribution is -2.42. The van der Waals surface area contributed by atoms with Crippen LogP contribution >= 0.6 is 11.6 Å². The molecule has 1 aliphatic heterocycles. The van der Waals surface area contributed by atoms with Gasteiger partial charge >= 0.3 is 0 Å². The van der Waals surface area contributed by atoms with Crippen LogP contribution in [0, 0.1) is 5.92 Å². The summed E-state index contributed by atoms with van der Waals surface area (Å²) in [6.45, 7) is 1.20. The quantitative estimate of drug-likeness (QED) is 0.807. The molecule has 2 fully saturated rings. The standard InChI is InChI=1S/C18H26ClNO3S/c19-17-8-6-16(7-9-17)13-20-18(12-15-4-2-1-3-5-15)14-23-10-11-24(20,21)22/h6-9,15,18H,1-5,10-14H2/t18-/m0/s1. The van der Waals surface area contributed by atoms with E-state index in [1.807, 2.05) is 24.3 Å². The molecule has 0 amide bonds. The second-order valence-electron chi connectivity index (χ2n) is 6.96. The Balaban J connectivity index is 1.78. The van der Waals surface area contributed by atoms with E-state index in [2.05, 4.69) is 0 Å². The van der Waals surface area contributed by atoms with Crippen molar-refractivity contribution in [2.75, 3.05) is 19.0 Å². The van der Waals surface area contributed by atoms with E-state index in [4.69, 9.17) is 16.3 Å². The van der Waals surface area contributed by atoms with Crippen LogP contribution in [0.1, 0.15) is 44.1 Å². The fourth-order valence-corrected chi connectivity index (χ4v) is 5.44. The van der Waals surface area contributed by atoms with Crippen molar-refractivity contribution < 1.29 is 13.2 Å². The number of hydrogen-bond acceptors (Lipinski definition) is 3. The summed E-state index contributed by atoms with van der Waals surface area (Å²) in [4.78, 5) is 0. The lowest BCUT2D eigenvalue weighted by atomic mass is 9.85. The van der Waals surface area contributed by atoms with Gasteiger partial charge in [-0.25, -0.2) is 8.42 Å². The third-order valence-electron chi connectivity index (χ3n) is 5.14. The number of sulfonamides is 1. The monoisotopic (exact) mass is 371 g/mol. The molecule has 4 nitrogen and oxygen atoms in total. The van der Waals surface area contributed by atoms with Crippen molar-refractivity contribution >= 4 is 21.6 Å². The van der Waals surface area contributed by atoms with Gasteiger partial charge in [-0.2, -0.15) is 4.31 Å². The van der Waals surface area contributed by atoms with Crippen LogP contribution in [0.15, 0.2) is 24.3 Å². The second-order valence-corrected chi connectivity index (χ2v) is 9.43. The van der Waals surface area contributed by atoms with Gasteiger partial charge in [0.2, 0.25) is 10.0 Å². The summed E-state index contributed by atoms with van der Waals surface area (Å²) >= 11 is 5.94. The van der Waals surface area contributed by atoms with Gasteiger partial charge < -0.3 is 4.74 Å². The van der Waals surface area contributed by atoms with Gasteiger partial charge in [0.05, 0.1) is 19.0 Å². The third kappa shape index (κ3) is 4.72. The molecule has 1 heterocycles. The molecule has 2 aliphatic rings. The van der Waals surface area contributed by atoms with Crippen molar-refractivity contribution in [2.24, 2.45) is 5.92 Å². The van der Waals surface area contributed by atoms with Crippen LogP contribution in [-0.4, -0.2) is 37.7 Å². The predicted molar refractivity (Wildman–Crippen MR) is 96.6 cm³/mol. The Bertz CT molecular complexity index is 626. The van der Waals surface area contributed by atoms with Crippen molar-refractivity contribution in [1.82, 2.24) is 4.31 Å². The first-order valence-electron chi connectivity index (χ1n) is 8.86. The van der Waals surface area contributed by atoms with Crippen molar-refractivity contribution in [3.63, 3.8) is 0 Å². The van der Waals surface area contributed by atoms with Gasteiger partial charge in [0.25, 0.3) is 0 Å². The summed E-state index contributed by atoms with van der Waals surface area (Å²) in [6.07, 6.45) is 7.18. The Hall–Kier alpha value is -0.620. The largest absolute Gasteiger partial charge is 0.379 e. The zero-order chi connectivity index (χ0) is 17.0. The molecular formula is C18H26ClNO3S.